The molecule has 2 aromatic carbocycles. The first-order valence-corrected chi connectivity index (χ1v) is 18.6. The van der Waals surface area contributed by atoms with Gasteiger partial charge in [-0.2, -0.15) is 0 Å². The molecular formula is C27H38O6Se2Si. The molecule has 0 saturated carbocycles. The van der Waals surface area contributed by atoms with Crippen LogP contribution in [0.15, 0.2) is 60.7 Å². The standard InChI is InChI=1S/C27H38O6Se2Si/c1-24(2,3)36(6,7)30-18-21-22-23(33-25(4,5)32-22)26(28,34-19-14-10-8-11-15-19)27(29,31-21)35-20-16-12-9-13-17-20/h8-17,21-23,28-29H,18H2,1-7H3/t21-,22-,23-,26+,27+/m1/s1. The predicted octanol–water partition coefficient (Wildman–Crippen LogP) is 2.32. The fourth-order valence-corrected chi connectivity index (χ4v) is 10.6. The Kier molecular flexibility index (Phi) is 8.07. The quantitative estimate of drug-likeness (QED) is 0.451. The summed E-state index contributed by atoms with van der Waals surface area (Å²) >= 11 is -1.21. The first-order valence-electron chi connectivity index (χ1n) is 12.3. The van der Waals surface area contributed by atoms with Crippen LogP contribution in [0.4, 0.5) is 0 Å². The van der Waals surface area contributed by atoms with E-state index < -0.39 is 71.5 Å². The van der Waals surface area contributed by atoms with Crippen LogP contribution < -0.4 is 8.92 Å². The molecule has 2 aliphatic rings. The fraction of sp³-hybridized carbons (Fsp3) is 0.556. The van der Waals surface area contributed by atoms with E-state index in [1.807, 2.05) is 74.5 Å². The summed E-state index contributed by atoms with van der Waals surface area (Å²) in [7, 11) is -2.10. The summed E-state index contributed by atoms with van der Waals surface area (Å²) in [6.45, 7) is 14.9. The minimum absolute atomic E-state index is 0.0226. The van der Waals surface area contributed by atoms with Crippen LogP contribution in [0.25, 0.3) is 0 Å². The number of hydrogen-bond donors (Lipinski definition) is 2. The van der Waals surface area contributed by atoms with Gasteiger partial charge in [0.25, 0.3) is 0 Å². The summed E-state index contributed by atoms with van der Waals surface area (Å²) in [5.41, 5.74) is 0. The van der Waals surface area contributed by atoms with E-state index in [9.17, 15) is 10.2 Å². The molecule has 0 unspecified atom stereocenters. The molecule has 4 rings (SSSR count). The van der Waals surface area contributed by atoms with Crippen molar-refractivity contribution >= 4 is 47.2 Å². The van der Waals surface area contributed by atoms with Gasteiger partial charge in [-0.3, -0.25) is 0 Å². The van der Waals surface area contributed by atoms with E-state index >= 15 is 0 Å². The van der Waals surface area contributed by atoms with Crippen molar-refractivity contribution in [1.82, 2.24) is 0 Å². The van der Waals surface area contributed by atoms with Gasteiger partial charge in [-0.05, 0) is 0 Å². The third-order valence-corrected chi connectivity index (χ3v) is 17.5. The normalized spacial score (nSPS) is 32.3. The van der Waals surface area contributed by atoms with Gasteiger partial charge in [0.2, 0.25) is 0 Å². The van der Waals surface area contributed by atoms with Crippen LogP contribution in [0.1, 0.15) is 34.6 Å². The van der Waals surface area contributed by atoms with Crippen molar-refractivity contribution in [2.24, 2.45) is 0 Å². The van der Waals surface area contributed by atoms with Crippen molar-refractivity contribution in [3.8, 4) is 0 Å². The summed E-state index contributed by atoms with van der Waals surface area (Å²) in [6.07, 6.45) is -1.94. The summed E-state index contributed by atoms with van der Waals surface area (Å²) in [5.74, 6) is -0.931. The van der Waals surface area contributed by atoms with Crippen molar-refractivity contribution in [2.75, 3.05) is 6.61 Å². The average molecular weight is 645 g/mol. The van der Waals surface area contributed by atoms with Crippen molar-refractivity contribution in [1.29, 1.82) is 0 Å². The van der Waals surface area contributed by atoms with Gasteiger partial charge in [0, 0.05) is 0 Å². The number of aliphatic hydroxyl groups is 2. The maximum absolute atomic E-state index is 12.4. The molecule has 0 spiro atoms. The van der Waals surface area contributed by atoms with Gasteiger partial charge in [0.1, 0.15) is 0 Å². The summed E-state index contributed by atoms with van der Waals surface area (Å²) < 4.78 is 24.1. The van der Waals surface area contributed by atoms with Crippen LogP contribution >= 0.6 is 0 Å². The van der Waals surface area contributed by atoms with Crippen LogP contribution in [-0.2, 0) is 18.6 Å². The predicted molar refractivity (Wildman–Crippen MR) is 145 cm³/mol. The first kappa shape index (κ1) is 28.5. The van der Waals surface area contributed by atoms with Gasteiger partial charge in [-0.1, -0.05) is 0 Å². The molecule has 0 aromatic heterocycles. The van der Waals surface area contributed by atoms with Crippen LogP contribution in [0.5, 0.6) is 0 Å². The maximum atomic E-state index is 12.4. The molecule has 2 saturated heterocycles. The van der Waals surface area contributed by atoms with E-state index in [1.54, 1.807) is 0 Å². The molecule has 2 heterocycles. The second-order valence-corrected chi connectivity index (χ2v) is 21.5. The van der Waals surface area contributed by atoms with Gasteiger partial charge in [0.15, 0.2) is 0 Å². The third-order valence-electron chi connectivity index (χ3n) is 7.08. The molecule has 5 atom stereocenters. The Morgan fingerprint density at radius 1 is 0.861 bits per heavy atom. The van der Waals surface area contributed by atoms with Crippen LogP contribution in [0.2, 0.25) is 18.1 Å². The third kappa shape index (κ3) is 5.73. The molecule has 2 aliphatic heterocycles. The second kappa shape index (κ2) is 10.2. The van der Waals surface area contributed by atoms with Crippen molar-refractivity contribution in [3.63, 3.8) is 0 Å². The Balaban J connectivity index is 1.73. The Labute approximate surface area is 228 Å². The van der Waals surface area contributed by atoms with E-state index in [0.29, 0.717) is 0 Å². The van der Waals surface area contributed by atoms with Crippen molar-refractivity contribution in [2.45, 2.75) is 86.0 Å². The van der Waals surface area contributed by atoms with Crippen LogP contribution in [0, 0.1) is 0 Å². The molecule has 0 aliphatic carbocycles. The molecule has 2 N–H and O–H groups in total. The van der Waals surface area contributed by atoms with E-state index in [0.717, 1.165) is 8.92 Å². The first-order chi connectivity index (χ1) is 16.7. The topological polar surface area (TPSA) is 77.4 Å². The summed E-state index contributed by atoms with van der Waals surface area (Å²) in [5, 5.41) is 24.7. The Bertz CT molecular complexity index is 1030. The van der Waals surface area contributed by atoms with E-state index in [1.165, 1.54) is 0 Å². The molecule has 36 heavy (non-hydrogen) atoms. The number of rotatable bonds is 7. The van der Waals surface area contributed by atoms with E-state index in [4.69, 9.17) is 18.6 Å². The Morgan fingerprint density at radius 3 is 1.92 bits per heavy atom. The molecule has 0 radical (unpaired) electrons. The molecule has 0 amide bonds. The number of ether oxygens (including phenoxy) is 3. The zero-order valence-electron chi connectivity index (χ0n) is 22.1. The van der Waals surface area contributed by atoms with E-state index in [2.05, 4.69) is 33.9 Å². The Morgan fingerprint density at radius 2 is 1.39 bits per heavy atom. The summed E-state index contributed by atoms with van der Waals surface area (Å²) in [4.78, 5) is 0. The fourth-order valence-electron chi connectivity index (χ4n) is 4.07. The number of fused-ring (bicyclic) bond motifs is 1. The second-order valence-electron chi connectivity index (χ2n) is 11.4. The van der Waals surface area contributed by atoms with Gasteiger partial charge >= 0.3 is 229 Å². The van der Waals surface area contributed by atoms with Gasteiger partial charge in [-0.15, -0.1) is 0 Å². The Hall–Kier alpha value is -0.544. The number of hydrogen-bond acceptors (Lipinski definition) is 6. The molecule has 2 aromatic rings. The molecule has 6 nitrogen and oxygen atoms in total. The SMILES string of the molecule is CC1(C)O[C@H]2[C@@H](O1)[C@](O)([Se]c1ccccc1)[C@@](O)([Se]c1ccccc1)O[C@@H]2CO[Si](C)(C)C(C)(C)C. The molecular weight excluding hydrogens is 606 g/mol. The van der Waals surface area contributed by atoms with Crippen molar-refractivity contribution in [3.05, 3.63) is 60.7 Å². The zero-order chi connectivity index (χ0) is 26.4. The van der Waals surface area contributed by atoms with Gasteiger partial charge < -0.3 is 0 Å². The van der Waals surface area contributed by atoms with E-state index in [-0.39, 0.29) is 11.6 Å². The van der Waals surface area contributed by atoms with Gasteiger partial charge in [-0.25, -0.2) is 0 Å². The van der Waals surface area contributed by atoms with Crippen LogP contribution in [0.3, 0.4) is 0 Å². The molecule has 9 heteroatoms. The zero-order valence-corrected chi connectivity index (χ0v) is 26.5. The summed E-state index contributed by atoms with van der Waals surface area (Å²) in [6, 6.07) is 19.5. The molecule has 2 fully saturated rings. The molecule has 0 bridgehead atoms. The van der Waals surface area contributed by atoms with Crippen LogP contribution in [-0.4, -0.2) is 88.3 Å². The number of benzene rings is 2. The van der Waals surface area contributed by atoms with Crippen molar-refractivity contribution < 1.29 is 28.8 Å². The minimum atomic E-state index is -2.10. The monoisotopic (exact) mass is 646 g/mol. The molecule has 198 valence electrons. The average Bonchev–Trinajstić information content (AvgIpc) is 3.13. The van der Waals surface area contributed by atoms with Gasteiger partial charge in [0.05, 0.1) is 0 Å².